The third-order valence-electron chi connectivity index (χ3n) is 4.34. The topological polar surface area (TPSA) is 68.5 Å². The van der Waals surface area contributed by atoms with Crippen LogP contribution in [0.25, 0.3) is 10.2 Å². The van der Waals surface area contributed by atoms with Crippen molar-refractivity contribution in [1.29, 1.82) is 0 Å². The van der Waals surface area contributed by atoms with Crippen LogP contribution in [-0.2, 0) is 27.6 Å². The predicted molar refractivity (Wildman–Crippen MR) is 124 cm³/mol. The zero-order valence-corrected chi connectivity index (χ0v) is 19.7. The van der Waals surface area contributed by atoms with Crippen LogP contribution in [0, 0.1) is 0 Å². The Balaban J connectivity index is 1.99. The van der Waals surface area contributed by atoms with Crippen LogP contribution in [0.15, 0.2) is 57.2 Å². The summed E-state index contributed by atoms with van der Waals surface area (Å²) in [4.78, 5) is 19.0. The van der Waals surface area contributed by atoms with E-state index in [2.05, 4.69) is 4.99 Å². The summed E-state index contributed by atoms with van der Waals surface area (Å²) in [7, 11) is -3.29. The Kier molecular flexibility index (Phi) is 7.26. The average molecular weight is 467 g/mol. The summed E-state index contributed by atoms with van der Waals surface area (Å²) >= 11 is 4.72. The van der Waals surface area contributed by atoms with Crippen molar-refractivity contribution in [3.05, 3.63) is 52.8 Å². The quantitative estimate of drug-likeness (QED) is 0.495. The molecule has 0 atom stereocenters. The van der Waals surface area contributed by atoms with Gasteiger partial charge in [0, 0.05) is 23.4 Å². The van der Waals surface area contributed by atoms with Crippen molar-refractivity contribution < 1.29 is 13.2 Å². The molecule has 2 aromatic carbocycles. The molecule has 0 unspecified atom stereocenters. The fraction of sp³-hybridized carbons (Fsp3) is 0.300. The standard InChI is InChI=1S/C20H22N2O3S4/c1-26-11-10-22-17-9-8-16(29(3,24)25)13-18(17)28-20(22)21-19(23)12-14-4-6-15(27-2)7-5-14/h4-9,13H,10-12H2,1-3H3. The van der Waals surface area contributed by atoms with E-state index in [4.69, 9.17) is 0 Å². The largest absolute Gasteiger partial charge is 0.316 e. The van der Waals surface area contributed by atoms with Gasteiger partial charge in [0.05, 0.1) is 21.5 Å². The minimum Gasteiger partial charge on any atom is -0.316 e. The van der Waals surface area contributed by atoms with Crippen molar-refractivity contribution in [1.82, 2.24) is 4.57 Å². The molecule has 1 amide bonds. The summed E-state index contributed by atoms with van der Waals surface area (Å²) in [6.45, 7) is 0.702. The van der Waals surface area contributed by atoms with Crippen LogP contribution in [0.1, 0.15) is 5.56 Å². The summed E-state index contributed by atoms with van der Waals surface area (Å²) < 4.78 is 26.6. The van der Waals surface area contributed by atoms with Gasteiger partial charge in [-0.2, -0.15) is 16.8 Å². The van der Waals surface area contributed by atoms with Crippen molar-refractivity contribution in [2.45, 2.75) is 22.8 Å². The van der Waals surface area contributed by atoms with Crippen LogP contribution in [0.5, 0.6) is 0 Å². The number of aromatic nitrogens is 1. The Morgan fingerprint density at radius 1 is 1.14 bits per heavy atom. The van der Waals surface area contributed by atoms with E-state index >= 15 is 0 Å². The molecule has 0 bridgehead atoms. The second-order valence-corrected chi connectivity index (χ2v) is 11.4. The number of thioether (sulfide) groups is 2. The van der Waals surface area contributed by atoms with Crippen molar-refractivity contribution in [2.75, 3.05) is 24.5 Å². The molecule has 3 rings (SSSR count). The number of nitrogens with zero attached hydrogens (tertiary/aromatic N) is 2. The number of benzene rings is 2. The molecular formula is C20H22N2O3S4. The Labute approximate surface area is 183 Å². The summed E-state index contributed by atoms with van der Waals surface area (Å²) in [5.74, 6) is 0.659. The molecule has 0 aliphatic heterocycles. The highest BCUT2D eigenvalue weighted by Crippen LogP contribution is 2.22. The normalized spacial score (nSPS) is 12.6. The van der Waals surface area contributed by atoms with Crippen LogP contribution in [0.3, 0.4) is 0 Å². The minimum atomic E-state index is -3.29. The first-order chi connectivity index (χ1) is 13.8. The number of hydrogen-bond donors (Lipinski definition) is 0. The molecule has 0 saturated heterocycles. The van der Waals surface area contributed by atoms with Crippen LogP contribution in [0.4, 0.5) is 0 Å². The molecule has 1 heterocycles. The lowest BCUT2D eigenvalue weighted by Gasteiger charge is -2.04. The number of rotatable bonds is 7. The van der Waals surface area contributed by atoms with Gasteiger partial charge in [-0.15, -0.1) is 11.8 Å². The molecule has 0 spiro atoms. The number of carbonyl (C=O) groups excluding carboxylic acids is 1. The number of sulfone groups is 1. The molecule has 3 aromatic rings. The molecule has 0 N–H and O–H groups in total. The van der Waals surface area contributed by atoms with Crippen LogP contribution >= 0.6 is 34.9 Å². The van der Waals surface area contributed by atoms with E-state index in [0.29, 0.717) is 11.3 Å². The number of carbonyl (C=O) groups is 1. The maximum atomic E-state index is 12.6. The van der Waals surface area contributed by atoms with E-state index in [1.165, 1.54) is 17.6 Å². The number of hydrogen-bond acceptors (Lipinski definition) is 6. The molecule has 0 saturated carbocycles. The van der Waals surface area contributed by atoms with Gasteiger partial charge in [0.25, 0.3) is 5.91 Å². The summed E-state index contributed by atoms with van der Waals surface area (Å²) in [6, 6.07) is 13.0. The number of fused-ring (bicyclic) bond motifs is 1. The van der Waals surface area contributed by atoms with Gasteiger partial charge in [-0.1, -0.05) is 23.5 Å². The maximum Gasteiger partial charge on any atom is 0.252 e. The zero-order valence-electron chi connectivity index (χ0n) is 16.4. The minimum absolute atomic E-state index is 0.213. The highest BCUT2D eigenvalue weighted by atomic mass is 32.2. The number of aryl methyl sites for hydroxylation is 1. The Morgan fingerprint density at radius 2 is 1.86 bits per heavy atom. The second kappa shape index (κ2) is 9.51. The van der Waals surface area contributed by atoms with E-state index in [1.54, 1.807) is 41.7 Å². The molecule has 154 valence electrons. The van der Waals surface area contributed by atoms with Crippen LogP contribution in [-0.4, -0.2) is 43.4 Å². The fourth-order valence-electron chi connectivity index (χ4n) is 2.83. The van der Waals surface area contributed by atoms with Gasteiger partial charge in [0.15, 0.2) is 14.6 Å². The molecule has 0 fully saturated rings. The van der Waals surface area contributed by atoms with E-state index in [9.17, 15) is 13.2 Å². The van der Waals surface area contributed by atoms with E-state index in [1.807, 2.05) is 41.3 Å². The van der Waals surface area contributed by atoms with Crippen molar-refractivity contribution in [2.24, 2.45) is 4.99 Å². The third kappa shape index (κ3) is 5.53. The predicted octanol–water partition coefficient (Wildman–Crippen LogP) is 3.86. The molecular weight excluding hydrogens is 444 g/mol. The smallest absolute Gasteiger partial charge is 0.252 e. The molecule has 0 aliphatic carbocycles. The molecule has 1 aromatic heterocycles. The molecule has 0 aliphatic rings. The monoisotopic (exact) mass is 466 g/mol. The highest BCUT2D eigenvalue weighted by Gasteiger charge is 2.13. The summed E-state index contributed by atoms with van der Waals surface area (Å²) in [6.07, 6.45) is 5.47. The Hall–Kier alpha value is -1.55. The molecule has 29 heavy (non-hydrogen) atoms. The first kappa shape index (κ1) is 22.1. The van der Waals surface area contributed by atoms with E-state index < -0.39 is 9.84 Å². The lowest BCUT2D eigenvalue weighted by Crippen LogP contribution is -2.18. The highest BCUT2D eigenvalue weighted by molar-refractivity contribution is 7.98. The third-order valence-corrected chi connectivity index (χ3v) is 7.82. The lowest BCUT2D eigenvalue weighted by molar-refractivity contribution is -0.117. The number of thiazole rings is 1. The zero-order chi connectivity index (χ0) is 21.0. The Bertz CT molecular complexity index is 1190. The van der Waals surface area contributed by atoms with Gasteiger partial charge < -0.3 is 4.57 Å². The van der Waals surface area contributed by atoms with Gasteiger partial charge in [-0.3, -0.25) is 4.79 Å². The fourth-order valence-corrected chi connectivity index (χ4v) is 5.44. The summed E-state index contributed by atoms with van der Waals surface area (Å²) in [5, 5.41) is 0. The van der Waals surface area contributed by atoms with Gasteiger partial charge in [0.1, 0.15) is 0 Å². The maximum absolute atomic E-state index is 12.6. The lowest BCUT2D eigenvalue weighted by atomic mass is 10.1. The van der Waals surface area contributed by atoms with Crippen molar-refractivity contribution in [3.63, 3.8) is 0 Å². The summed E-state index contributed by atoms with van der Waals surface area (Å²) in [5.41, 5.74) is 1.82. The molecule has 0 radical (unpaired) electrons. The van der Waals surface area contributed by atoms with Gasteiger partial charge in [-0.05, 0) is 48.4 Å². The van der Waals surface area contributed by atoms with Gasteiger partial charge in [-0.25, -0.2) is 8.42 Å². The van der Waals surface area contributed by atoms with Crippen LogP contribution < -0.4 is 4.80 Å². The average Bonchev–Trinajstić information content (AvgIpc) is 3.02. The van der Waals surface area contributed by atoms with Crippen molar-refractivity contribution >= 4 is 60.8 Å². The number of amides is 1. The van der Waals surface area contributed by atoms with Gasteiger partial charge >= 0.3 is 0 Å². The van der Waals surface area contributed by atoms with Crippen LogP contribution in [0.2, 0.25) is 0 Å². The second-order valence-electron chi connectivity index (χ2n) is 6.46. The molecule has 9 heteroatoms. The van der Waals surface area contributed by atoms with E-state index in [-0.39, 0.29) is 17.2 Å². The molecule has 5 nitrogen and oxygen atoms in total. The first-order valence-corrected chi connectivity index (χ1v) is 14.2. The van der Waals surface area contributed by atoms with Gasteiger partial charge in [0.2, 0.25) is 0 Å². The van der Waals surface area contributed by atoms with E-state index in [0.717, 1.165) is 26.4 Å². The first-order valence-electron chi connectivity index (χ1n) is 8.84. The Morgan fingerprint density at radius 3 is 2.48 bits per heavy atom. The van der Waals surface area contributed by atoms with Crippen molar-refractivity contribution in [3.8, 4) is 0 Å². The SMILES string of the molecule is CSCCn1c(=NC(=O)Cc2ccc(SC)cc2)sc2cc(S(C)(=O)=O)ccc21.